The predicted molar refractivity (Wildman–Crippen MR) is 57.2 cm³/mol. The van der Waals surface area contributed by atoms with Gasteiger partial charge in [-0.15, -0.1) is 12.4 Å². The lowest BCUT2D eigenvalue weighted by molar-refractivity contribution is -0.119. The van der Waals surface area contributed by atoms with Crippen molar-refractivity contribution in [2.45, 2.75) is 18.9 Å². The molecule has 0 spiro atoms. The maximum absolute atomic E-state index is 10.4. The van der Waals surface area contributed by atoms with E-state index < -0.39 is 11.9 Å². The SMILES string of the molecule is Cl.N=C(N)NCCC[C@H](N)C(N)=O.O. The Kier molecular flexibility index (Phi) is 13.4. The summed E-state index contributed by atoms with van der Waals surface area (Å²) in [4.78, 5) is 10.4. The highest BCUT2D eigenvalue weighted by Gasteiger charge is 2.07. The zero-order chi connectivity index (χ0) is 9.56. The molecule has 0 radical (unpaired) electrons. The van der Waals surface area contributed by atoms with Crippen molar-refractivity contribution in [1.82, 2.24) is 5.32 Å². The van der Waals surface area contributed by atoms with Crippen molar-refractivity contribution in [3.8, 4) is 0 Å². The van der Waals surface area contributed by atoms with Gasteiger partial charge in [-0.3, -0.25) is 10.2 Å². The summed E-state index contributed by atoms with van der Waals surface area (Å²) < 4.78 is 0. The number of hydrogen-bond acceptors (Lipinski definition) is 3. The molecule has 0 aliphatic rings. The van der Waals surface area contributed by atoms with E-state index in [2.05, 4.69) is 5.32 Å². The van der Waals surface area contributed by atoms with Crippen molar-refractivity contribution < 1.29 is 10.3 Å². The second-order valence-corrected chi connectivity index (χ2v) is 2.49. The van der Waals surface area contributed by atoms with Gasteiger partial charge < -0.3 is 28.0 Å². The van der Waals surface area contributed by atoms with Crippen LogP contribution in [0.25, 0.3) is 0 Å². The van der Waals surface area contributed by atoms with E-state index in [4.69, 9.17) is 22.6 Å². The molecule has 0 fully saturated rings. The summed E-state index contributed by atoms with van der Waals surface area (Å²) in [6.07, 6.45) is 1.18. The number of rotatable bonds is 5. The first-order valence-electron chi connectivity index (χ1n) is 3.67. The molecule has 1 amide bonds. The number of carbonyl (C=O) groups excluding carboxylic acids is 1. The minimum atomic E-state index is -0.598. The third kappa shape index (κ3) is 11.0. The van der Waals surface area contributed by atoms with E-state index in [0.29, 0.717) is 19.4 Å². The van der Waals surface area contributed by atoms with Gasteiger partial charge in [0.25, 0.3) is 0 Å². The molecule has 0 heterocycles. The monoisotopic (exact) mass is 227 g/mol. The largest absolute Gasteiger partial charge is 0.412 e. The number of amides is 1. The Morgan fingerprint density at radius 2 is 1.93 bits per heavy atom. The van der Waals surface area contributed by atoms with Gasteiger partial charge in [-0.2, -0.15) is 0 Å². The Balaban J connectivity index is -0.000000605. The Morgan fingerprint density at radius 1 is 1.43 bits per heavy atom. The van der Waals surface area contributed by atoms with E-state index in [9.17, 15) is 4.79 Å². The van der Waals surface area contributed by atoms with Gasteiger partial charge in [0, 0.05) is 6.54 Å². The van der Waals surface area contributed by atoms with E-state index in [1.165, 1.54) is 0 Å². The van der Waals surface area contributed by atoms with Crippen LogP contribution in [0.4, 0.5) is 0 Å². The number of halogens is 1. The topological polar surface area (TPSA) is 163 Å². The summed E-state index contributed by atoms with van der Waals surface area (Å²) >= 11 is 0. The number of guanidine groups is 1. The van der Waals surface area contributed by atoms with Crippen molar-refractivity contribution in [2.75, 3.05) is 6.54 Å². The summed E-state index contributed by atoms with van der Waals surface area (Å²) in [5.41, 5.74) is 15.3. The molecule has 14 heavy (non-hydrogen) atoms. The molecule has 0 aromatic rings. The third-order valence-corrected chi connectivity index (χ3v) is 1.37. The fourth-order valence-electron chi connectivity index (χ4n) is 0.687. The molecule has 0 aliphatic carbocycles. The van der Waals surface area contributed by atoms with Gasteiger partial charge in [-0.25, -0.2) is 0 Å². The molecule has 0 aromatic heterocycles. The molecule has 0 aromatic carbocycles. The van der Waals surface area contributed by atoms with E-state index in [1.54, 1.807) is 0 Å². The summed E-state index contributed by atoms with van der Waals surface area (Å²) in [5, 5.41) is 9.40. The van der Waals surface area contributed by atoms with Gasteiger partial charge in [0.05, 0.1) is 6.04 Å². The molecule has 10 N–H and O–H groups in total. The number of nitrogens with two attached hydrogens (primary N) is 3. The molecule has 1 atom stereocenters. The van der Waals surface area contributed by atoms with Crippen molar-refractivity contribution in [2.24, 2.45) is 17.2 Å². The van der Waals surface area contributed by atoms with Crippen LogP contribution in [0, 0.1) is 5.41 Å². The van der Waals surface area contributed by atoms with Gasteiger partial charge in [0.15, 0.2) is 5.96 Å². The quantitative estimate of drug-likeness (QED) is 0.202. The Morgan fingerprint density at radius 3 is 2.29 bits per heavy atom. The number of carbonyl (C=O) groups is 1. The van der Waals surface area contributed by atoms with Crippen molar-refractivity contribution in [3.63, 3.8) is 0 Å². The normalized spacial score (nSPS) is 10.4. The number of hydrogen-bond donors (Lipinski definition) is 5. The van der Waals surface area contributed by atoms with E-state index in [-0.39, 0.29) is 23.8 Å². The maximum Gasteiger partial charge on any atom is 0.234 e. The summed E-state index contributed by atoms with van der Waals surface area (Å²) in [6, 6.07) is -0.598. The van der Waals surface area contributed by atoms with Crippen LogP contribution in [0.5, 0.6) is 0 Å². The zero-order valence-corrected chi connectivity index (χ0v) is 8.56. The molecule has 0 rings (SSSR count). The molecular formula is C6H18ClN5O2. The van der Waals surface area contributed by atoms with Crippen molar-refractivity contribution in [3.05, 3.63) is 0 Å². The third-order valence-electron chi connectivity index (χ3n) is 1.37. The van der Waals surface area contributed by atoms with Gasteiger partial charge in [0.2, 0.25) is 5.91 Å². The first kappa shape index (κ1) is 18.7. The van der Waals surface area contributed by atoms with E-state index in [1.807, 2.05) is 0 Å². The number of primary amides is 1. The molecule has 0 unspecified atom stereocenters. The fourth-order valence-corrected chi connectivity index (χ4v) is 0.687. The van der Waals surface area contributed by atoms with E-state index >= 15 is 0 Å². The molecule has 8 heteroatoms. The highest BCUT2D eigenvalue weighted by molar-refractivity contribution is 5.85. The standard InChI is InChI=1S/C6H15N5O.ClH.H2O/c7-4(5(8)12)2-1-3-11-6(9)10;;/h4H,1-3,7H2,(H2,8,12)(H4,9,10,11);1H;1H2/t4-;;/m0../s1. The molecule has 0 saturated heterocycles. The van der Waals surface area contributed by atoms with Gasteiger partial charge in [-0.1, -0.05) is 0 Å². The Bertz CT molecular complexity index is 178. The molecule has 0 bridgehead atoms. The second-order valence-electron chi connectivity index (χ2n) is 2.49. The smallest absolute Gasteiger partial charge is 0.234 e. The first-order chi connectivity index (χ1) is 5.54. The van der Waals surface area contributed by atoms with Crippen LogP contribution in [0.1, 0.15) is 12.8 Å². The second kappa shape index (κ2) is 10.0. The minimum absolute atomic E-state index is 0. The van der Waals surface area contributed by atoms with Gasteiger partial charge >= 0.3 is 0 Å². The Hall–Kier alpha value is -1.05. The number of nitrogens with one attached hydrogen (secondary N) is 2. The summed E-state index contributed by atoms with van der Waals surface area (Å²) in [7, 11) is 0. The Labute approximate surface area is 88.6 Å². The average Bonchev–Trinajstić information content (AvgIpc) is 1.97. The lowest BCUT2D eigenvalue weighted by atomic mass is 10.1. The van der Waals surface area contributed by atoms with Crippen LogP contribution in [0.2, 0.25) is 0 Å². The summed E-state index contributed by atoms with van der Waals surface area (Å²) in [6.45, 7) is 0.538. The van der Waals surface area contributed by atoms with Crippen LogP contribution in [0.3, 0.4) is 0 Å². The van der Waals surface area contributed by atoms with Crippen LogP contribution in [0.15, 0.2) is 0 Å². The highest BCUT2D eigenvalue weighted by Crippen LogP contribution is 1.91. The first-order valence-corrected chi connectivity index (χ1v) is 3.67. The van der Waals surface area contributed by atoms with Crippen LogP contribution < -0.4 is 22.5 Å². The van der Waals surface area contributed by atoms with E-state index in [0.717, 1.165) is 0 Å². The van der Waals surface area contributed by atoms with Crippen molar-refractivity contribution in [1.29, 1.82) is 5.41 Å². The average molecular weight is 228 g/mol. The van der Waals surface area contributed by atoms with Crippen LogP contribution >= 0.6 is 12.4 Å². The van der Waals surface area contributed by atoms with Gasteiger partial charge in [0.1, 0.15) is 0 Å². The summed E-state index contributed by atoms with van der Waals surface area (Å²) in [5.74, 6) is -0.583. The zero-order valence-electron chi connectivity index (χ0n) is 7.75. The maximum atomic E-state index is 10.4. The lowest BCUT2D eigenvalue weighted by Gasteiger charge is -2.07. The van der Waals surface area contributed by atoms with Crippen LogP contribution in [-0.2, 0) is 4.79 Å². The van der Waals surface area contributed by atoms with Crippen molar-refractivity contribution >= 4 is 24.3 Å². The highest BCUT2D eigenvalue weighted by atomic mass is 35.5. The molecule has 0 aliphatic heterocycles. The molecule has 0 saturated carbocycles. The predicted octanol–water partition coefficient (Wildman–Crippen LogP) is -2.34. The molecule has 7 nitrogen and oxygen atoms in total. The minimum Gasteiger partial charge on any atom is -0.412 e. The van der Waals surface area contributed by atoms with Crippen LogP contribution in [-0.4, -0.2) is 29.9 Å². The van der Waals surface area contributed by atoms with Gasteiger partial charge in [-0.05, 0) is 12.8 Å². The lowest BCUT2D eigenvalue weighted by Crippen LogP contribution is -2.37. The fraction of sp³-hybridized carbons (Fsp3) is 0.667. The molecular weight excluding hydrogens is 210 g/mol. The molecule has 86 valence electrons.